The Morgan fingerprint density at radius 2 is 1.54 bits per heavy atom. The van der Waals surface area contributed by atoms with E-state index in [1.165, 1.54) is 0 Å². The molecule has 1 atom stereocenters. The van der Waals surface area contributed by atoms with E-state index in [1.54, 1.807) is 0 Å². The number of rotatable bonds is 1. The summed E-state index contributed by atoms with van der Waals surface area (Å²) in [6.45, 7) is 0.188. The summed E-state index contributed by atoms with van der Waals surface area (Å²) >= 11 is 0. The second-order valence-electron chi connectivity index (χ2n) is 2.21. The monoisotopic (exact) mass is 210 g/mol. The molecule has 0 spiro atoms. The molecular formula is C8H10F3OP. The lowest BCUT2D eigenvalue weighted by Gasteiger charge is -1.93. The van der Waals surface area contributed by atoms with Gasteiger partial charge in [0.2, 0.25) is 0 Å². The molecule has 0 fully saturated rings. The molecule has 0 aliphatic heterocycles. The first-order valence-electron chi connectivity index (χ1n) is 3.42. The fraction of sp³-hybridized carbons (Fsp3) is 0.250. The van der Waals surface area contributed by atoms with Crippen LogP contribution in [0.25, 0.3) is 0 Å². The molecule has 0 N–H and O–H groups in total. The number of benzene rings is 1. The summed E-state index contributed by atoms with van der Waals surface area (Å²) in [5, 5.41) is 0. The highest BCUT2D eigenvalue weighted by molar-refractivity contribution is 7.10. The predicted molar refractivity (Wildman–Crippen MR) is 48.5 cm³/mol. The average molecular weight is 210 g/mol. The zero-order valence-corrected chi connectivity index (χ0v) is 8.16. The van der Waals surface area contributed by atoms with E-state index < -0.39 is 6.18 Å². The number of alkyl halides is 3. The molecule has 0 heterocycles. The molecule has 5 heteroatoms. The lowest BCUT2D eigenvalue weighted by molar-refractivity contribution is -0.110. The summed E-state index contributed by atoms with van der Waals surface area (Å²) < 4.78 is 35.9. The Bertz CT molecular complexity index is 217. The highest BCUT2D eigenvalue weighted by Crippen LogP contribution is 2.10. The molecule has 1 aromatic carbocycles. The Morgan fingerprint density at radius 1 is 1.15 bits per heavy atom. The minimum absolute atomic E-state index is 0.188. The van der Waals surface area contributed by atoms with Crippen LogP contribution < -0.4 is 4.52 Å². The Hall–Kier alpha value is -0.760. The van der Waals surface area contributed by atoms with Crippen molar-refractivity contribution >= 4 is 9.47 Å². The number of para-hydroxylation sites is 1. The lowest BCUT2D eigenvalue weighted by atomic mass is 10.3. The Kier molecular flexibility index (Phi) is 5.47. The predicted octanol–water partition coefficient (Wildman–Crippen LogP) is 3.42. The third-order valence-electron chi connectivity index (χ3n) is 0.879. The fourth-order valence-corrected chi connectivity index (χ4v) is 0.656. The van der Waals surface area contributed by atoms with E-state index in [0.29, 0.717) is 0 Å². The molecular weight excluding hydrogens is 200 g/mol. The summed E-state index contributed by atoms with van der Waals surface area (Å²) in [5.74, 6) is 0.873. The molecule has 1 aromatic rings. The van der Waals surface area contributed by atoms with Gasteiger partial charge in [0.1, 0.15) is 5.75 Å². The van der Waals surface area contributed by atoms with Crippen LogP contribution in [0.4, 0.5) is 13.2 Å². The van der Waals surface area contributed by atoms with E-state index in [9.17, 15) is 13.2 Å². The Balaban J connectivity index is 0.000000252. The molecule has 1 rings (SSSR count). The average Bonchev–Trinajstić information content (AvgIpc) is 2.03. The van der Waals surface area contributed by atoms with Gasteiger partial charge in [-0.15, -0.1) is 0 Å². The van der Waals surface area contributed by atoms with Crippen molar-refractivity contribution in [3.8, 4) is 5.75 Å². The molecule has 0 aliphatic rings. The zero-order chi connectivity index (χ0) is 10.3. The Morgan fingerprint density at radius 3 is 1.77 bits per heavy atom. The van der Waals surface area contributed by atoms with Crippen LogP contribution in [0.2, 0.25) is 0 Å². The van der Waals surface area contributed by atoms with Gasteiger partial charge in [-0.05, 0) is 12.1 Å². The van der Waals surface area contributed by atoms with Crippen molar-refractivity contribution in [2.45, 2.75) is 13.1 Å². The highest BCUT2D eigenvalue weighted by Gasteiger charge is 2.15. The smallest absolute Gasteiger partial charge is 0.386 e. The first-order valence-corrected chi connectivity index (χ1v) is 3.89. The van der Waals surface area contributed by atoms with Crippen molar-refractivity contribution < 1.29 is 17.7 Å². The van der Waals surface area contributed by atoms with Gasteiger partial charge in [0.05, 0.1) is 9.47 Å². The Labute approximate surface area is 77.2 Å². The summed E-state index contributed by atoms with van der Waals surface area (Å²) in [7, 11) is 2.19. The number of halogens is 3. The van der Waals surface area contributed by atoms with Gasteiger partial charge < -0.3 is 4.52 Å². The normalized spacial score (nSPS) is 9.92. The van der Waals surface area contributed by atoms with Gasteiger partial charge >= 0.3 is 6.18 Å². The molecule has 0 bridgehead atoms. The van der Waals surface area contributed by atoms with Gasteiger partial charge in [-0.25, -0.2) is 0 Å². The first-order chi connectivity index (χ1) is 5.93. The van der Waals surface area contributed by atoms with Crippen molar-refractivity contribution in [1.82, 2.24) is 0 Å². The molecule has 0 radical (unpaired) electrons. The van der Waals surface area contributed by atoms with Gasteiger partial charge in [0.15, 0.2) is 0 Å². The molecule has 1 nitrogen and oxygen atoms in total. The summed E-state index contributed by atoms with van der Waals surface area (Å²) in [4.78, 5) is 0. The molecule has 0 saturated carbocycles. The van der Waals surface area contributed by atoms with Crippen LogP contribution in [0.3, 0.4) is 0 Å². The van der Waals surface area contributed by atoms with E-state index in [-0.39, 0.29) is 6.92 Å². The van der Waals surface area contributed by atoms with E-state index in [2.05, 4.69) is 9.47 Å². The maximum atomic E-state index is 10.4. The standard InChI is InChI=1S/C6H7OP.C2H3F3/c8-7-6-4-2-1-3-5-6;1-2(3,4)5/h1-5H,8H2;1H3. The van der Waals surface area contributed by atoms with Gasteiger partial charge in [0, 0.05) is 6.92 Å². The van der Waals surface area contributed by atoms with Crippen molar-refractivity contribution in [3.05, 3.63) is 30.3 Å². The van der Waals surface area contributed by atoms with Crippen molar-refractivity contribution in [2.75, 3.05) is 0 Å². The molecule has 0 amide bonds. The maximum Gasteiger partial charge on any atom is 0.386 e. The van der Waals surface area contributed by atoms with E-state index >= 15 is 0 Å². The van der Waals surface area contributed by atoms with Crippen LogP contribution in [-0.2, 0) is 0 Å². The number of hydrogen-bond donors (Lipinski definition) is 0. The van der Waals surface area contributed by atoms with Crippen molar-refractivity contribution in [1.29, 1.82) is 0 Å². The number of hydrogen-bond acceptors (Lipinski definition) is 1. The summed E-state index contributed by atoms with van der Waals surface area (Å²) in [6.07, 6.45) is -4.00. The minimum Gasteiger partial charge on any atom is -0.480 e. The van der Waals surface area contributed by atoms with Gasteiger partial charge in [-0.2, -0.15) is 13.2 Å². The molecule has 0 aromatic heterocycles. The van der Waals surface area contributed by atoms with E-state index in [0.717, 1.165) is 5.75 Å². The van der Waals surface area contributed by atoms with E-state index in [1.807, 2.05) is 30.3 Å². The van der Waals surface area contributed by atoms with Crippen LogP contribution in [0, 0.1) is 0 Å². The quantitative estimate of drug-likeness (QED) is 0.645. The summed E-state index contributed by atoms with van der Waals surface area (Å²) in [6, 6.07) is 9.60. The van der Waals surface area contributed by atoms with Crippen LogP contribution in [0.5, 0.6) is 5.75 Å². The van der Waals surface area contributed by atoms with Crippen LogP contribution in [0.1, 0.15) is 6.92 Å². The van der Waals surface area contributed by atoms with Crippen LogP contribution >= 0.6 is 9.47 Å². The zero-order valence-electron chi connectivity index (χ0n) is 7.01. The second-order valence-corrected chi connectivity index (χ2v) is 2.45. The molecule has 74 valence electrons. The summed E-state index contributed by atoms with van der Waals surface area (Å²) in [5.41, 5.74) is 0. The third-order valence-corrected chi connectivity index (χ3v) is 1.15. The topological polar surface area (TPSA) is 9.23 Å². The third kappa shape index (κ3) is 11.2. The molecule has 1 unspecified atom stereocenters. The largest absolute Gasteiger partial charge is 0.480 e. The second kappa shape index (κ2) is 5.81. The molecule has 0 aliphatic carbocycles. The van der Waals surface area contributed by atoms with Gasteiger partial charge in [-0.3, -0.25) is 0 Å². The maximum absolute atomic E-state index is 10.4. The van der Waals surface area contributed by atoms with Crippen molar-refractivity contribution in [2.24, 2.45) is 0 Å². The van der Waals surface area contributed by atoms with E-state index in [4.69, 9.17) is 4.52 Å². The van der Waals surface area contributed by atoms with Crippen LogP contribution in [-0.4, -0.2) is 6.18 Å². The van der Waals surface area contributed by atoms with Crippen molar-refractivity contribution in [3.63, 3.8) is 0 Å². The molecule has 13 heavy (non-hydrogen) atoms. The minimum atomic E-state index is -4.00. The van der Waals surface area contributed by atoms with Crippen LogP contribution in [0.15, 0.2) is 30.3 Å². The SMILES string of the molecule is CC(F)(F)F.POc1ccccc1. The highest BCUT2D eigenvalue weighted by atomic mass is 31.0. The fourth-order valence-electron chi connectivity index (χ4n) is 0.499. The van der Waals surface area contributed by atoms with Gasteiger partial charge in [-0.1, -0.05) is 18.2 Å². The molecule has 0 saturated heterocycles. The lowest BCUT2D eigenvalue weighted by Crippen LogP contribution is -1.95. The van der Waals surface area contributed by atoms with Gasteiger partial charge in [0.25, 0.3) is 0 Å². The first kappa shape index (κ1) is 12.2.